The Hall–Kier alpha value is -1.92. The summed E-state index contributed by atoms with van der Waals surface area (Å²) < 4.78 is 7.02. The van der Waals surface area contributed by atoms with Gasteiger partial charge in [0, 0.05) is 31.2 Å². The Kier molecular flexibility index (Phi) is 3.65. The molecule has 0 aliphatic rings. The highest BCUT2D eigenvalue weighted by Crippen LogP contribution is 2.26. The van der Waals surface area contributed by atoms with Gasteiger partial charge in [0.1, 0.15) is 11.0 Å². The summed E-state index contributed by atoms with van der Waals surface area (Å²) >= 11 is 7.43. The topological polar surface area (TPSA) is 51.0 Å². The molecule has 5 nitrogen and oxygen atoms in total. The highest BCUT2D eigenvalue weighted by molar-refractivity contribution is 7.13. The van der Waals surface area contributed by atoms with Crippen LogP contribution >= 0.6 is 23.1 Å². The summed E-state index contributed by atoms with van der Waals surface area (Å²) in [5.74, 6) is 0.690. The molecule has 0 N–H and O–H groups in total. The number of nitrogens with zero attached hydrogens (tertiary/aromatic N) is 4. The van der Waals surface area contributed by atoms with Crippen LogP contribution in [0.15, 0.2) is 30.6 Å². The standard InChI is InChI=1S/C14H13ClN4OS/c1-9(20)19(8-14-16-7-13(15)18(14)2)11-3-4-12-10(5-11)6-17-21-12/h3-7H,8H2,1-2H3. The van der Waals surface area contributed by atoms with Gasteiger partial charge in [-0.2, -0.15) is 4.37 Å². The zero-order valence-corrected chi connectivity index (χ0v) is 13.1. The van der Waals surface area contributed by atoms with Crippen LogP contribution in [0.3, 0.4) is 0 Å². The van der Waals surface area contributed by atoms with E-state index in [9.17, 15) is 4.79 Å². The summed E-state index contributed by atoms with van der Waals surface area (Å²) in [6.07, 6.45) is 3.39. The number of benzene rings is 1. The van der Waals surface area contributed by atoms with Gasteiger partial charge in [-0.25, -0.2) is 4.98 Å². The second-order valence-corrected chi connectivity index (χ2v) is 5.93. The van der Waals surface area contributed by atoms with E-state index in [2.05, 4.69) is 9.36 Å². The van der Waals surface area contributed by atoms with Gasteiger partial charge in [0.15, 0.2) is 0 Å². The Morgan fingerprint density at radius 3 is 2.90 bits per heavy atom. The second kappa shape index (κ2) is 5.46. The number of rotatable bonds is 3. The number of carbonyl (C=O) groups is 1. The molecular formula is C14H13ClN4OS. The number of imidazole rings is 1. The SMILES string of the molecule is CC(=O)N(Cc1ncc(Cl)n1C)c1ccc2sncc2c1. The number of aromatic nitrogens is 3. The minimum absolute atomic E-state index is 0.0448. The first-order valence-electron chi connectivity index (χ1n) is 6.35. The van der Waals surface area contributed by atoms with Crippen LogP contribution in [0.1, 0.15) is 12.7 Å². The Bertz CT molecular complexity index is 810. The van der Waals surface area contributed by atoms with Crippen molar-refractivity contribution in [3.8, 4) is 0 Å². The maximum absolute atomic E-state index is 12.0. The predicted octanol–water partition coefficient (Wildman–Crippen LogP) is 3.24. The van der Waals surface area contributed by atoms with Crippen LogP contribution in [-0.4, -0.2) is 19.8 Å². The largest absolute Gasteiger partial charge is 0.321 e. The number of hydrogen-bond acceptors (Lipinski definition) is 4. The number of fused-ring (bicyclic) bond motifs is 1. The molecule has 0 saturated heterocycles. The zero-order chi connectivity index (χ0) is 15.0. The lowest BCUT2D eigenvalue weighted by atomic mass is 10.2. The molecule has 0 saturated carbocycles. The lowest BCUT2D eigenvalue weighted by molar-refractivity contribution is -0.116. The summed E-state index contributed by atoms with van der Waals surface area (Å²) in [5, 5.41) is 1.58. The summed E-state index contributed by atoms with van der Waals surface area (Å²) in [4.78, 5) is 17.9. The molecule has 21 heavy (non-hydrogen) atoms. The van der Waals surface area contributed by atoms with Gasteiger partial charge in [-0.3, -0.25) is 4.79 Å². The summed E-state index contributed by atoms with van der Waals surface area (Å²) in [7, 11) is 1.83. The van der Waals surface area contributed by atoms with Crippen molar-refractivity contribution in [2.24, 2.45) is 7.05 Å². The van der Waals surface area contributed by atoms with E-state index >= 15 is 0 Å². The smallest absolute Gasteiger partial charge is 0.224 e. The molecule has 0 radical (unpaired) electrons. The van der Waals surface area contributed by atoms with Gasteiger partial charge in [-0.15, -0.1) is 0 Å². The molecule has 3 aromatic rings. The van der Waals surface area contributed by atoms with Crippen molar-refractivity contribution < 1.29 is 4.79 Å². The number of halogens is 1. The third-order valence-electron chi connectivity index (χ3n) is 3.36. The van der Waals surface area contributed by atoms with E-state index in [1.807, 2.05) is 25.2 Å². The average molecular weight is 321 g/mol. The van der Waals surface area contributed by atoms with Gasteiger partial charge < -0.3 is 9.47 Å². The Morgan fingerprint density at radius 1 is 1.43 bits per heavy atom. The molecule has 1 amide bonds. The second-order valence-electron chi connectivity index (χ2n) is 4.71. The lowest BCUT2D eigenvalue weighted by Crippen LogP contribution is -2.29. The normalized spacial score (nSPS) is 11.0. The molecule has 1 aromatic carbocycles. The molecule has 0 spiro atoms. The Labute approximate surface area is 130 Å². The predicted molar refractivity (Wildman–Crippen MR) is 84.7 cm³/mol. The first-order valence-corrected chi connectivity index (χ1v) is 7.50. The molecular weight excluding hydrogens is 308 g/mol. The maximum atomic E-state index is 12.0. The fourth-order valence-corrected chi connectivity index (χ4v) is 2.90. The van der Waals surface area contributed by atoms with E-state index in [4.69, 9.17) is 11.6 Å². The van der Waals surface area contributed by atoms with Crippen molar-refractivity contribution in [3.05, 3.63) is 41.6 Å². The van der Waals surface area contributed by atoms with E-state index in [0.29, 0.717) is 11.7 Å². The lowest BCUT2D eigenvalue weighted by Gasteiger charge is -2.21. The van der Waals surface area contributed by atoms with Gasteiger partial charge >= 0.3 is 0 Å². The molecule has 7 heteroatoms. The molecule has 3 rings (SSSR count). The molecule has 0 atom stereocenters. The number of amides is 1. The number of carbonyl (C=O) groups excluding carboxylic acids is 1. The highest BCUT2D eigenvalue weighted by atomic mass is 35.5. The zero-order valence-electron chi connectivity index (χ0n) is 11.6. The van der Waals surface area contributed by atoms with Crippen LogP contribution in [-0.2, 0) is 18.4 Å². The third kappa shape index (κ3) is 2.64. The fraction of sp³-hybridized carbons (Fsp3) is 0.214. The van der Waals surface area contributed by atoms with Crippen molar-refractivity contribution in [2.75, 3.05) is 4.90 Å². The maximum Gasteiger partial charge on any atom is 0.224 e. The molecule has 108 valence electrons. The molecule has 2 heterocycles. The van der Waals surface area contributed by atoms with Gasteiger partial charge in [-0.05, 0) is 29.7 Å². The Morgan fingerprint density at radius 2 is 2.24 bits per heavy atom. The summed E-state index contributed by atoms with van der Waals surface area (Å²) in [6, 6.07) is 5.86. The Balaban J connectivity index is 1.97. The van der Waals surface area contributed by atoms with Gasteiger partial charge in [-0.1, -0.05) is 11.6 Å². The van der Waals surface area contributed by atoms with Crippen molar-refractivity contribution in [1.82, 2.24) is 13.9 Å². The van der Waals surface area contributed by atoms with Gasteiger partial charge in [0.2, 0.25) is 5.91 Å². The van der Waals surface area contributed by atoms with Crippen LogP contribution < -0.4 is 4.90 Å². The van der Waals surface area contributed by atoms with Crippen LogP contribution in [0.4, 0.5) is 5.69 Å². The monoisotopic (exact) mass is 320 g/mol. The van der Waals surface area contributed by atoms with Crippen molar-refractivity contribution in [1.29, 1.82) is 0 Å². The van der Waals surface area contributed by atoms with Gasteiger partial charge in [0.05, 0.1) is 17.4 Å². The van der Waals surface area contributed by atoms with Gasteiger partial charge in [0.25, 0.3) is 0 Å². The first kappa shape index (κ1) is 14.0. The van der Waals surface area contributed by atoms with E-state index in [0.717, 1.165) is 21.6 Å². The molecule has 0 fully saturated rings. The molecule has 0 bridgehead atoms. The molecule has 0 aliphatic heterocycles. The summed E-state index contributed by atoms with van der Waals surface area (Å²) in [6.45, 7) is 1.92. The first-order chi connectivity index (χ1) is 10.1. The fourth-order valence-electron chi connectivity index (χ4n) is 2.12. The van der Waals surface area contributed by atoms with E-state index in [1.54, 1.807) is 28.8 Å². The van der Waals surface area contributed by atoms with Crippen molar-refractivity contribution in [2.45, 2.75) is 13.5 Å². The minimum atomic E-state index is -0.0448. The van der Waals surface area contributed by atoms with Crippen LogP contribution in [0, 0.1) is 0 Å². The van der Waals surface area contributed by atoms with E-state index < -0.39 is 0 Å². The number of anilines is 1. The molecule has 0 unspecified atom stereocenters. The highest BCUT2D eigenvalue weighted by Gasteiger charge is 2.16. The van der Waals surface area contributed by atoms with E-state index in [-0.39, 0.29) is 5.91 Å². The quantitative estimate of drug-likeness (QED) is 0.744. The van der Waals surface area contributed by atoms with Crippen LogP contribution in [0.25, 0.3) is 10.1 Å². The minimum Gasteiger partial charge on any atom is -0.321 e. The van der Waals surface area contributed by atoms with Crippen molar-refractivity contribution in [3.63, 3.8) is 0 Å². The molecule has 2 aromatic heterocycles. The average Bonchev–Trinajstić information content (AvgIpc) is 3.04. The van der Waals surface area contributed by atoms with Crippen LogP contribution in [0.2, 0.25) is 5.15 Å². The number of hydrogen-bond donors (Lipinski definition) is 0. The van der Waals surface area contributed by atoms with Crippen LogP contribution in [0.5, 0.6) is 0 Å². The third-order valence-corrected chi connectivity index (χ3v) is 4.49. The van der Waals surface area contributed by atoms with E-state index in [1.165, 1.54) is 11.5 Å². The molecule has 0 aliphatic carbocycles. The van der Waals surface area contributed by atoms with Crippen molar-refractivity contribution >= 4 is 44.8 Å². The summed E-state index contributed by atoms with van der Waals surface area (Å²) in [5.41, 5.74) is 0.828.